The number of fused-ring (bicyclic) bond motifs is 1. The van der Waals surface area contributed by atoms with Crippen LogP contribution in [0.25, 0.3) is 10.1 Å². The first-order valence-electron chi connectivity index (χ1n) is 7.13. The Balaban J connectivity index is 2.24. The van der Waals surface area contributed by atoms with Crippen molar-refractivity contribution in [3.63, 3.8) is 0 Å². The molecule has 0 fully saturated rings. The molecular formula is C16H23N3OS. The topological polar surface area (TPSA) is 68.0 Å². The summed E-state index contributed by atoms with van der Waals surface area (Å²) in [5, 5.41) is 3.87. The number of nitrogens with two attached hydrogens (primary N) is 1. The molecule has 0 saturated heterocycles. The largest absolute Gasteiger partial charge is 0.397 e. The first kappa shape index (κ1) is 15.8. The van der Waals surface area contributed by atoms with Crippen molar-refractivity contribution < 1.29 is 4.79 Å². The Morgan fingerprint density at radius 2 is 2.05 bits per heavy atom. The molecule has 0 aromatic carbocycles. The number of thiophene rings is 1. The number of nitrogens with zero attached hydrogens (tertiary/aromatic N) is 1. The van der Waals surface area contributed by atoms with Crippen molar-refractivity contribution in [1.82, 2.24) is 10.3 Å². The molecule has 0 aliphatic carbocycles. The lowest BCUT2D eigenvalue weighted by Gasteiger charge is -2.17. The molecule has 114 valence electrons. The van der Waals surface area contributed by atoms with Gasteiger partial charge < -0.3 is 11.1 Å². The summed E-state index contributed by atoms with van der Waals surface area (Å²) >= 11 is 1.44. The lowest BCUT2D eigenvalue weighted by Crippen LogP contribution is -2.27. The quantitative estimate of drug-likeness (QED) is 0.909. The molecule has 0 atom stereocenters. The number of hydrogen-bond donors (Lipinski definition) is 2. The van der Waals surface area contributed by atoms with Crippen molar-refractivity contribution >= 4 is 33.0 Å². The van der Waals surface area contributed by atoms with Gasteiger partial charge in [-0.25, -0.2) is 0 Å². The number of carbonyl (C=O) groups is 1. The van der Waals surface area contributed by atoms with Crippen LogP contribution in [0.4, 0.5) is 5.69 Å². The SMILES string of the molecule is Cc1cc2sc(C(=O)NCCC(C)(C)C)c(N)c2c(C)n1. The van der Waals surface area contributed by atoms with Gasteiger partial charge in [0.1, 0.15) is 4.88 Å². The number of anilines is 1. The first-order valence-corrected chi connectivity index (χ1v) is 7.95. The maximum atomic E-state index is 12.3. The fourth-order valence-electron chi connectivity index (χ4n) is 2.28. The Morgan fingerprint density at radius 3 is 2.67 bits per heavy atom. The molecular weight excluding hydrogens is 282 g/mol. The third-order valence-corrected chi connectivity index (χ3v) is 4.54. The van der Waals surface area contributed by atoms with Gasteiger partial charge in [0, 0.05) is 28.0 Å². The number of aryl methyl sites for hydroxylation is 2. The minimum absolute atomic E-state index is 0.0880. The Hall–Kier alpha value is -1.62. The highest BCUT2D eigenvalue weighted by molar-refractivity contribution is 7.21. The second kappa shape index (κ2) is 5.64. The summed E-state index contributed by atoms with van der Waals surface area (Å²) < 4.78 is 1.03. The number of hydrogen-bond acceptors (Lipinski definition) is 4. The Bertz CT molecular complexity index is 683. The molecule has 2 aromatic rings. The predicted octanol–water partition coefficient (Wildman–Crippen LogP) is 3.66. The second-order valence-corrected chi connectivity index (χ2v) is 7.69. The van der Waals surface area contributed by atoms with Crippen LogP contribution in [0.15, 0.2) is 6.07 Å². The van der Waals surface area contributed by atoms with Crippen LogP contribution >= 0.6 is 11.3 Å². The maximum Gasteiger partial charge on any atom is 0.263 e. The third kappa shape index (κ3) is 3.53. The van der Waals surface area contributed by atoms with Crippen LogP contribution in [0.3, 0.4) is 0 Å². The smallest absolute Gasteiger partial charge is 0.263 e. The molecule has 2 aromatic heterocycles. The second-order valence-electron chi connectivity index (χ2n) is 6.63. The maximum absolute atomic E-state index is 12.3. The van der Waals surface area contributed by atoms with Gasteiger partial charge in [-0.1, -0.05) is 20.8 Å². The standard InChI is InChI=1S/C16H23N3OS/c1-9-8-11-12(10(2)19-9)13(17)14(21-11)15(20)18-7-6-16(3,4)5/h8H,6-7,17H2,1-5H3,(H,18,20). The van der Waals surface area contributed by atoms with Crippen LogP contribution in [0.2, 0.25) is 0 Å². The Morgan fingerprint density at radius 1 is 1.38 bits per heavy atom. The van der Waals surface area contributed by atoms with E-state index in [4.69, 9.17) is 5.73 Å². The molecule has 0 unspecified atom stereocenters. The van der Waals surface area contributed by atoms with E-state index in [-0.39, 0.29) is 11.3 Å². The zero-order valence-electron chi connectivity index (χ0n) is 13.3. The number of rotatable bonds is 3. The average Bonchev–Trinajstić information content (AvgIpc) is 2.64. The zero-order valence-corrected chi connectivity index (χ0v) is 14.1. The van der Waals surface area contributed by atoms with Crippen LogP contribution in [-0.2, 0) is 0 Å². The molecule has 4 nitrogen and oxygen atoms in total. The molecule has 21 heavy (non-hydrogen) atoms. The summed E-state index contributed by atoms with van der Waals surface area (Å²) in [6, 6.07) is 1.98. The van der Waals surface area contributed by atoms with E-state index < -0.39 is 0 Å². The monoisotopic (exact) mass is 305 g/mol. The van der Waals surface area contributed by atoms with Crippen LogP contribution in [0.1, 0.15) is 48.3 Å². The van der Waals surface area contributed by atoms with Gasteiger partial charge in [-0.3, -0.25) is 9.78 Å². The van der Waals surface area contributed by atoms with Gasteiger partial charge in [0.05, 0.1) is 5.69 Å². The lowest BCUT2D eigenvalue weighted by atomic mass is 9.92. The number of nitrogen functional groups attached to an aromatic ring is 1. The highest BCUT2D eigenvalue weighted by Gasteiger charge is 2.19. The summed E-state index contributed by atoms with van der Waals surface area (Å²) in [6.07, 6.45) is 0.934. The van der Waals surface area contributed by atoms with Crippen molar-refractivity contribution in [1.29, 1.82) is 0 Å². The fourth-order valence-corrected chi connectivity index (χ4v) is 3.47. The summed E-state index contributed by atoms with van der Waals surface area (Å²) in [5.74, 6) is -0.0880. The minimum Gasteiger partial charge on any atom is -0.397 e. The normalized spacial score (nSPS) is 11.9. The van der Waals surface area contributed by atoms with E-state index in [9.17, 15) is 4.79 Å². The zero-order chi connectivity index (χ0) is 15.8. The average molecular weight is 305 g/mol. The van der Waals surface area contributed by atoms with E-state index in [1.807, 2.05) is 19.9 Å². The van der Waals surface area contributed by atoms with Gasteiger partial charge in [-0.15, -0.1) is 11.3 Å². The summed E-state index contributed by atoms with van der Waals surface area (Å²) in [7, 11) is 0. The highest BCUT2D eigenvalue weighted by atomic mass is 32.1. The molecule has 2 rings (SSSR count). The Labute approximate surface area is 129 Å². The highest BCUT2D eigenvalue weighted by Crippen LogP contribution is 2.35. The molecule has 0 bridgehead atoms. The van der Waals surface area contributed by atoms with Crippen molar-refractivity contribution in [2.75, 3.05) is 12.3 Å². The molecule has 5 heteroatoms. The number of amides is 1. The number of carbonyl (C=O) groups excluding carboxylic acids is 1. The van der Waals surface area contributed by atoms with E-state index in [0.29, 0.717) is 17.1 Å². The van der Waals surface area contributed by atoms with Crippen LogP contribution in [0, 0.1) is 19.3 Å². The van der Waals surface area contributed by atoms with Crippen LogP contribution in [-0.4, -0.2) is 17.4 Å². The molecule has 3 N–H and O–H groups in total. The van der Waals surface area contributed by atoms with Gasteiger partial charge in [-0.2, -0.15) is 0 Å². The van der Waals surface area contributed by atoms with Gasteiger partial charge >= 0.3 is 0 Å². The minimum atomic E-state index is -0.0880. The number of aromatic nitrogens is 1. The predicted molar refractivity (Wildman–Crippen MR) is 89.9 cm³/mol. The van der Waals surface area contributed by atoms with Gasteiger partial charge in [-0.05, 0) is 31.7 Å². The molecule has 0 saturated carbocycles. The van der Waals surface area contributed by atoms with Crippen LogP contribution in [0.5, 0.6) is 0 Å². The number of nitrogens with one attached hydrogen (secondary N) is 1. The van der Waals surface area contributed by atoms with Gasteiger partial charge in [0.15, 0.2) is 0 Å². The molecule has 0 spiro atoms. The molecule has 0 aliphatic rings. The number of pyridine rings is 1. The molecule has 1 amide bonds. The summed E-state index contributed by atoms with van der Waals surface area (Å²) in [4.78, 5) is 17.3. The summed E-state index contributed by atoms with van der Waals surface area (Å²) in [6.45, 7) is 11.0. The third-order valence-electron chi connectivity index (χ3n) is 3.39. The molecule has 0 aliphatic heterocycles. The Kier molecular flexibility index (Phi) is 4.23. The van der Waals surface area contributed by atoms with Crippen molar-refractivity contribution in [2.45, 2.75) is 41.0 Å². The first-order chi connectivity index (χ1) is 9.69. The van der Waals surface area contributed by atoms with E-state index in [1.165, 1.54) is 11.3 Å². The van der Waals surface area contributed by atoms with E-state index in [1.54, 1.807) is 0 Å². The van der Waals surface area contributed by atoms with Gasteiger partial charge in [0.2, 0.25) is 0 Å². The van der Waals surface area contributed by atoms with E-state index in [2.05, 4.69) is 31.1 Å². The van der Waals surface area contributed by atoms with E-state index in [0.717, 1.165) is 27.9 Å². The lowest BCUT2D eigenvalue weighted by molar-refractivity contribution is 0.0954. The fraction of sp³-hybridized carbons (Fsp3) is 0.500. The van der Waals surface area contributed by atoms with E-state index >= 15 is 0 Å². The summed E-state index contributed by atoms with van der Waals surface area (Å²) in [5.41, 5.74) is 8.74. The van der Waals surface area contributed by atoms with Gasteiger partial charge in [0.25, 0.3) is 5.91 Å². The molecule has 2 heterocycles. The molecule has 0 radical (unpaired) electrons. The van der Waals surface area contributed by atoms with Crippen molar-refractivity contribution in [3.05, 3.63) is 22.3 Å². The van der Waals surface area contributed by atoms with Crippen LogP contribution < -0.4 is 11.1 Å². The van der Waals surface area contributed by atoms with Crippen molar-refractivity contribution in [2.24, 2.45) is 5.41 Å². The van der Waals surface area contributed by atoms with Crippen molar-refractivity contribution in [3.8, 4) is 0 Å².